The maximum absolute atomic E-state index is 11.0. The first-order valence-electron chi connectivity index (χ1n) is 4.64. The lowest BCUT2D eigenvalue weighted by Gasteiger charge is -1.97. The minimum absolute atomic E-state index is 0.397. The second-order valence-electron chi connectivity index (χ2n) is 3.16. The standard InChI is InChI=1S/C12H9ClO3/c1-15-11(14)5-3-8-2-4-10(13)12-9(8)6-7-16-12/h2-7H,1H3. The van der Waals surface area contributed by atoms with Crippen molar-refractivity contribution in [1.82, 2.24) is 0 Å². The van der Waals surface area contributed by atoms with E-state index in [0.717, 1.165) is 10.9 Å². The minimum atomic E-state index is -0.397. The van der Waals surface area contributed by atoms with E-state index in [1.165, 1.54) is 13.2 Å². The highest BCUT2D eigenvalue weighted by Crippen LogP contribution is 2.28. The molecule has 0 N–H and O–H groups in total. The average molecular weight is 237 g/mol. The Bertz CT molecular complexity index is 554. The predicted octanol–water partition coefficient (Wildman–Crippen LogP) is 3.27. The summed E-state index contributed by atoms with van der Waals surface area (Å²) < 4.78 is 9.75. The Morgan fingerprint density at radius 2 is 2.25 bits per heavy atom. The first-order chi connectivity index (χ1) is 7.72. The third-order valence-electron chi connectivity index (χ3n) is 2.20. The maximum Gasteiger partial charge on any atom is 0.330 e. The van der Waals surface area contributed by atoms with Gasteiger partial charge < -0.3 is 9.15 Å². The van der Waals surface area contributed by atoms with Crippen molar-refractivity contribution in [3.05, 3.63) is 41.1 Å². The van der Waals surface area contributed by atoms with Crippen molar-refractivity contribution in [2.24, 2.45) is 0 Å². The summed E-state index contributed by atoms with van der Waals surface area (Å²) in [5.41, 5.74) is 1.48. The molecule has 0 spiro atoms. The number of hydrogen-bond donors (Lipinski definition) is 0. The molecule has 2 rings (SSSR count). The predicted molar refractivity (Wildman–Crippen MR) is 62.3 cm³/mol. The Morgan fingerprint density at radius 1 is 1.44 bits per heavy atom. The molecule has 0 fully saturated rings. The van der Waals surface area contributed by atoms with Crippen molar-refractivity contribution in [2.45, 2.75) is 0 Å². The SMILES string of the molecule is COC(=O)C=Cc1ccc(Cl)c2occc12. The second kappa shape index (κ2) is 4.41. The molecule has 0 unspecified atom stereocenters. The van der Waals surface area contributed by atoms with Crippen molar-refractivity contribution >= 4 is 34.6 Å². The van der Waals surface area contributed by atoms with Gasteiger partial charge in [0, 0.05) is 11.5 Å². The fourth-order valence-electron chi connectivity index (χ4n) is 1.42. The molecule has 0 amide bonds. The zero-order chi connectivity index (χ0) is 11.5. The Labute approximate surface area is 97.3 Å². The minimum Gasteiger partial charge on any atom is -0.466 e. The van der Waals surface area contributed by atoms with Crippen molar-refractivity contribution in [1.29, 1.82) is 0 Å². The number of carbonyl (C=O) groups excluding carboxylic acids is 1. The lowest BCUT2D eigenvalue weighted by Crippen LogP contribution is -1.93. The lowest BCUT2D eigenvalue weighted by molar-refractivity contribution is -0.134. The van der Waals surface area contributed by atoms with Gasteiger partial charge in [-0.15, -0.1) is 0 Å². The number of hydrogen-bond acceptors (Lipinski definition) is 3. The number of benzene rings is 1. The van der Waals surface area contributed by atoms with E-state index in [9.17, 15) is 4.79 Å². The van der Waals surface area contributed by atoms with Crippen LogP contribution < -0.4 is 0 Å². The van der Waals surface area contributed by atoms with Gasteiger partial charge >= 0.3 is 5.97 Å². The molecule has 4 heteroatoms. The molecule has 0 aliphatic carbocycles. The number of methoxy groups -OCH3 is 1. The zero-order valence-corrected chi connectivity index (χ0v) is 9.32. The number of fused-ring (bicyclic) bond motifs is 1. The van der Waals surface area contributed by atoms with Crippen LogP contribution in [0.3, 0.4) is 0 Å². The second-order valence-corrected chi connectivity index (χ2v) is 3.56. The molecule has 0 saturated carbocycles. The summed E-state index contributed by atoms with van der Waals surface area (Å²) >= 11 is 5.95. The number of carbonyl (C=O) groups is 1. The highest BCUT2D eigenvalue weighted by Gasteiger charge is 2.05. The van der Waals surface area contributed by atoms with Gasteiger partial charge in [-0.1, -0.05) is 17.7 Å². The monoisotopic (exact) mass is 236 g/mol. The molecular formula is C12H9ClO3. The number of halogens is 1. The van der Waals surface area contributed by atoms with Crippen LogP contribution in [0, 0.1) is 0 Å². The molecule has 1 aromatic heterocycles. The summed E-state index contributed by atoms with van der Waals surface area (Å²) in [7, 11) is 1.34. The zero-order valence-electron chi connectivity index (χ0n) is 8.57. The molecule has 0 aliphatic rings. The van der Waals surface area contributed by atoms with Crippen molar-refractivity contribution in [2.75, 3.05) is 7.11 Å². The Balaban J connectivity index is 2.46. The van der Waals surface area contributed by atoms with Gasteiger partial charge in [-0.25, -0.2) is 4.79 Å². The lowest BCUT2D eigenvalue weighted by atomic mass is 10.1. The van der Waals surface area contributed by atoms with Crippen LogP contribution in [0.25, 0.3) is 17.0 Å². The van der Waals surface area contributed by atoms with E-state index in [1.54, 1.807) is 24.5 Å². The van der Waals surface area contributed by atoms with Gasteiger partial charge in [0.05, 0.1) is 18.4 Å². The van der Waals surface area contributed by atoms with Crippen LogP contribution in [0.2, 0.25) is 5.02 Å². The van der Waals surface area contributed by atoms with Crippen LogP contribution in [-0.2, 0) is 9.53 Å². The van der Waals surface area contributed by atoms with Gasteiger partial charge in [-0.3, -0.25) is 0 Å². The highest BCUT2D eigenvalue weighted by molar-refractivity contribution is 6.35. The Kier molecular flexibility index (Phi) is 2.97. The quantitative estimate of drug-likeness (QED) is 0.593. The summed E-state index contributed by atoms with van der Waals surface area (Å²) in [6.45, 7) is 0. The van der Waals surface area contributed by atoms with Crippen LogP contribution in [0.5, 0.6) is 0 Å². The summed E-state index contributed by atoms with van der Waals surface area (Å²) in [5.74, 6) is -0.397. The molecule has 0 saturated heterocycles. The molecule has 0 bridgehead atoms. The van der Waals surface area contributed by atoms with E-state index >= 15 is 0 Å². The van der Waals surface area contributed by atoms with E-state index in [2.05, 4.69) is 4.74 Å². The highest BCUT2D eigenvalue weighted by atomic mass is 35.5. The van der Waals surface area contributed by atoms with Crippen LogP contribution in [0.1, 0.15) is 5.56 Å². The van der Waals surface area contributed by atoms with E-state index in [1.807, 2.05) is 6.07 Å². The van der Waals surface area contributed by atoms with E-state index in [-0.39, 0.29) is 0 Å². The summed E-state index contributed by atoms with van der Waals surface area (Å²) in [6.07, 6.45) is 4.59. The third kappa shape index (κ3) is 1.95. The van der Waals surface area contributed by atoms with Gasteiger partial charge in [0.2, 0.25) is 0 Å². The van der Waals surface area contributed by atoms with Crippen molar-refractivity contribution < 1.29 is 13.9 Å². The Hall–Kier alpha value is -1.74. The van der Waals surface area contributed by atoms with Crippen LogP contribution in [0.15, 0.2) is 35.0 Å². The van der Waals surface area contributed by atoms with Crippen molar-refractivity contribution in [3.8, 4) is 0 Å². The first kappa shape index (κ1) is 10.8. The normalized spacial score (nSPS) is 11.1. The molecule has 3 nitrogen and oxygen atoms in total. The molecule has 0 aliphatic heterocycles. The molecule has 16 heavy (non-hydrogen) atoms. The van der Waals surface area contributed by atoms with Crippen molar-refractivity contribution in [3.63, 3.8) is 0 Å². The first-order valence-corrected chi connectivity index (χ1v) is 5.02. The van der Waals surface area contributed by atoms with Gasteiger partial charge in [0.1, 0.15) is 0 Å². The molecule has 2 aromatic rings. The fraction of sp³-hybridized carbons (Fsp3) is 0.0833. The van der Waals surface area contributed by atoms with E-state index in [0.29, 0.717) is 10.6 Å². The van der Waals surface area contributed by atoms with E-state index < -0.39 is 5.97 Å². The molecule has 0 atom stereocenters. The van der Waals surface area contributed by atoms with Crippen LogP contribution in [-0.4, -0.2) is 13.1 Å². The number of furan rings is 1. The van der Waals surface area contributed by atoms with Gasteiger partial charge in [-0.2, -0.15) is 0 Å². The fourth-order valence-corrected chi connectivity index (χ4v) is 1.63. The number of ether oxygens (including phenoxy) is 1. The molecular weight excluding hydrogens is 228 g/mol. The number of rotatable bonds is 2. The van der Waals surface area contributed by atoms with E-state index in [4.69, 9.17) is 16.0 Å². The molecule has 0 radical (unpaired) electrons. The topological polar surface area (TPSA) is 39.4 Å². The maximum atomic E-state index is 11.0. The van der Waals surface area contributed by atoms with Crippen LogP contribution >= 0.6 is 11.6 Å². The number of esters is 1. The summed E-state index contributed by atoms with van der Waals surface area (Å²) in [4.78, 5) is 11.0. The molecule has 1 aromatic carbocycles. The largest absolute Gasteiger partial charge is 0.466 e. The molecule has 82 valence electrons. The summed E-state index contributed by atoms with van der Waals surface area (Å²) in [5, 5.41) is 1.42. The van der Waals surface area contributed by atoms with Gasteiger partial charge in [0.15, 0.2) is 5.58 Å². The van der Waals surface area contributed by atoms with Gasteiger partial charge in [0.25, 0.3) is 0 Å². The van der Waals surface area contributed by atoms with Crippen LogP contribution in [0.4, 0.5) is 0 Å². The Morgan fingerprint density at radius 3 is 3.00 bits per heavy atom. The smallest absolute Gasteiger partial charge is 0.330 e. The molecule has 1 heterocycles. The summed E-state index contributed by atoms with van der Waals surface area (Å²) in [6, 6.07) is 5.35. The average Bonchev–Trinajstić information content (AvgIpc) is 2.77. The third-order valence-corrected chi connectivity index (χ3v) is 2.50. The van der Waals surface area contributed by atoms with Gasteiger partial charge in [-0.05, 0) is 23.8 Å².